The summed E-state index contributed by atoms with van der Waals surface area (Å²) in [6.45, 7) is 2.39. The summed E-state index contributed by atoms with van der Waals surface area (Å²) in [6.07, 6.45) is -3.44. The first kappa shape index (κ1) is 16.0. The molecule has 23 heavy (non-hydrogen) atoms. The molecule has 0 aliphatic carbocycles. The van der Waals surface area contributed by atoms with Crippen molar-refractivity contribution in [3.8, 4) is 11.4 Å². The lowest BCUT2D eigenvalue weighted by Crippen LogP contribution is -2.42. The van der Waals surface area contributed by atoms with E-state index in [-0.39, 0.29) is 19.0 Å². The van der Waals surface area contributed by atoms with E-state index in [0.717, 1.165) is 5.56 Å². The van der Waals surface area contributed by atoms with E-state index in [1.54, 1.807) is 11.8 Å². The summed E-state index contributed by atoms with van der Waals surface area (Å²) in [7, 11) is 0. The number of likely N-dealkylation sites (tertiary alicyclic amines) is 1. The molecular weight excluding hydrogens is 307 g/mol. The van der Waals surface area contributed by atoms with Crippen molar-refractivity contribution < 1.29 is 17.7 Å². The summed E-state index contributed by atoms with van der Waals surface area (Å²) in [5.74, 6) is -0.473. The first-order chi connectivity index (χ1) is 10.9. The van der Waals surface area contributed by atoms with Crippen LogP contribution in [0.4, 0.5) is 13.2 Å². The Morgan fingerprint density at radius 3 is 2.70 bits per heavy atom. The van der Waals surface area contributed by atoms with Crippen LogP contribution in [0.5, 0.6) is 0 Å². The zero-order valence-electron chi connectivity index (χ0n) is 12.8. The molecule has 0 unspecified atom stereocenters. The number of hydrogen-bond acceptors (Lipinski definition) is 4. The van der Waals surface area contributed by atoms with Gasteiger partial charge in [-0.2, -0.15) is 18.2 Å². The normalized spacial score (nSPS) is 21.3. The van der Waals surface area contributed by atoms with Crippen LogP contribution in [0.2, 0.25) is 0 Å². The molecule has 0 bridgehead atoms. The summed E-state index contributed by atoms with van der Waals surface area (Å²) >= 11 is 0. The molecule has 3 rings (SSSR count). The molecule has 1 fully saturated rings. The molecule has 2 heterocycles. The Hall–Kier alpha value is -1.89. The van der Waals surface area contributed by atoms with E-state index in [1.165, 1.54) is 0 Å². The first-order valence-electron chi connectivity index (χ1n) is 7.65. The summed E-state index contributed by atoms with van der Waals surface area (Å²) in [4.78, 5) is 6.11. The average Bonchev–Trinajstić information content (AvgIpc) is 3.04. The minimum atomic E-state index is -4.15. The highest BCUT2D eigenvalue weighted by molar-refractivity contribution is 5.53. The SMILES string of the molecule is C[C@H](c1nc(-c2ccccc2)no1)N1CCC[C@H](C(F)(F)F)C1. The van der Waals surface area contributed by atoms with Crippen molar-refractivity contribution in [1.82, 2.24) is 15.0 Å². The third-order valence-electron chi connectivity index (χ3n) is 4.29. The summed E-state index contributed by atoms with van der Waals surface area (Å²) in [5.41, 5.74) is 0.821. The molecule has 2 aromatic rings. The van der Waals surface area contributed by atoms with E-state index in [4.69, 9.17) is 4.52 Å². The maximum atomic E-state index is 12.9. The van der Waals surface area contributed by atoms with Crippen molar-refractivity contribution in [3.63, 3.8) is 0 Å². The second-order valence-corrected chi connectivity index (χ2v) is 5.87. The lowest BCUT2D eigenvalue weighted by atomic mass is 9.96. The van der Waals surface area contributed by atoms with Gasteiger partial charge in [0.15, 0.2) is 0 Å². The molecule has 0 saturated carbocycles. The topological polar surface area (TPSA) is 42.2 Å². The van der Waals surface area contributed by atoms with E-state index >= 15 is 0 Å². The third kappa shape index (κ3) is 3.55. The van der Waals surface area contributed by atoms with Gasteiger partial charge in [-0.3, -0.25) is 4.90 Å². The second kappa shape index (κ2) is 6.31. The predicted molar refractivity (Wildman–Crippen MR) is 78.5 cm³/mol. The summed E-state index contributed by atoms with van der Waals surface area (Å²) in [6, 6.07) is 9.02. The van der Waals surface area contributed by atoms with E-state index < -0.39 is 12.1 Å². The number of alkyl halides is 3. The smallest absolute Gasteiger partial charge is 0.337 e. The van der Waals surface area contributed by atoms with E-state index in [1.807, 2.05) is 30.3 Å². The Bertz CT molecular complexity index is 642. The lowest BCUT2D eigenvalue weighted by Gasteiger charge is -2.36. The molecule has 4 nitrogen and oxygen atoms in total. The molecule has 0 radical (unpaired) electrons. The van der Waals surface area contributed by atoms with Gasteiger partial charge in [0, 0.05) is 12.1 Å². The lowest BCUT2D eigenvalue weighted by molar-refractivity contribution is -0.188. The van der Waals surface area contributed by atoms with Crippen LogP contribution >= 0.6 is 0 Å². The zero-order chi connectivity index (χ0) is 16.4. The molecule has 1 aromatic heterocycles. The maximum absolute atomic E-state index is 12.9. The van der Waals surface area contributed by atoms with Crippen LogP contribution in [-0.2, 0) is 0 Å². The Labute approximate surface area is 132 Å². The molecule has 0 amide bonds. The van der Waals surface area contributed by atoms with Crippen LogP contribution in [0.1, 0.15) is 31.7 Å². The van der Waals surface area contributed by atoms with Crippen LogP contribution in [0.15, 0.2) is 34.9 Å². The Morgan fingerprint density at radius 1 is 1.26 bits per heavy atom. The zero-order valence-corrected chi connectivity index (χ0v) is 12.8. The molecule has 2 atom stereocenters. The highest BCUT2D eigenvalue weighted by Gasteiger charge is 2.43. The van der Waals surface area contributed by atoms with Gasteiger partial charge < -0.3 is 4.52 Å². The molecule has 124 valence electrons. The van der Waals surface area contributed by atoms with Crippen molar-refractivity contribution in [3.05, 3.63) is 36.2 Å². The number of hydrogen-bond donors (Lipinski definition) is 0. The summed E-state index contributed by atoms with van der Waals surface area (Å²) in [5, 5.41) is 3.94. The van der Waals surface area contributed by atoms with Gasteiger partial charge in [0.2, 0.25) is 11.7 Å². The largest absolute Gasteiger partial charge is 0.393 e. The molecule has 1 saturated heterocycles. The van der Waals surface area contributed by atoms with Crippen LogP contribution in [0.3, 0.4) is 0 Å². The molecular formula is C16H18F3N3O. The number of rotatable bonds is 3. The molecule has 0 N–H and O–H groups in total. The predicted octanol–water partition coefficient (Wildman–Crippen LogP) is 4.07. The maximum Gasteiger partial charge on any atom is 0.393 e. The second-order valence-electron chi connectivity index (χ2n) is 5.87. The third-order valence-corrected chi connectivity index (χ3v) is 4.29. The Morgan fingerprint density at radius 2 is 2.00 bits per heavy atom. The van der Waals surface area contributed by atoms with E-state index in [0.29, 0.717) is 24.7 Å². The van der Waals surface area contributed by atoms with Gasteiger partial charge >= 0.3 is 6.18 Å². The van der Waals surface area contributed by atoms with Crippen molar-refractivity contribution in [2.75, 3.05) is 13.1 Å². The van der Waals surface area contributed by atoms with Gasteiger partial charge in [0.1, 0.15) is 0 Å². The Kier molecular flexibility index (Phi) is 4.39. The van der Waals surface area contributed by atoms with E-state index in [2.05, 4.69) is 10.1 Å². The van der Waals surface area contributed by atoms with Gasteiger partial charge in [-0.1, -0.05) is 35.5 Å². The average molecular weight is 325 g/mol. The van der Waals surface area contributed by atoms with Crippen LogP contribution in [-0.4, -0.2) is 34.3 Å². The number of benzene rings is 1. The molecule has 0 spiro atoms. The number of nitrogens with zero attached hydrogens (tertiary/aromatic N) is 3. The number of piperidine rings is 1. The van der Waals surface area contributed by atoms with E-state index in [9.17, 15) is 13.2 Å². The number of aromatic nitrogens is 2. The minimum absolute atomic E-state index is 0.0201. The highest BCUT2D eigenvalue weighted by Crippen LogP contribution is 2.35. The minimum Gasteiger partial charge on any atom is -0.337 e. The van der Waals surface area contributed by atoms with Crippen molar-refractivity contribution in [2.45, 2.75) is 32.0 Å². The van der Waals surface area contributed by atoms with Crippen molar-refractivity contribution in [1.29, 1.82) is 0 Å². The fraction of sp³-hybridized carbons (Fsp3) is 0.500. The fourth-order valence-electron chi connectivity index (χ4n) is 2.89. The first-order valence-corrected chi connectivity index (χ1v) is 7.65. The Balaban J connectivity index is 1.73. The molecule has 1 aliphatic rings. The molecule has 7 heteroatoms. The molecule has 1 aliphatic heterocycles. The molecule has 1 aromatic carbocycles. The van der Waals surface area contributed by atoms with Gasteiger partial charge in [-0.15, -0.1) is 0 Å². The number of halogens is 3. The monoisotopic (exact) mass is 325 g/mol. The van der Waals surface area contributed by atoms with Gasteiger partial charge in [0.05, 0.1) is 12.0 Å². The van der Waals surface area contributed by atoms with Gasteiger partial charge in [0.25, 0.3) is 0 Å². The van der Waals surface area contributed by atoms with Crippen LogP contribution in [0, 0.1) is 5.92 Å². The van der Waals surface area contributed by atoms with Crippen molar-refractivity contribution >= 4 is 0 Å². The quantitative estimate of drug-likeness (QED) is 0.853. The summed E-state index contributed by atoms with van der Waals surface area (Å²) < 4.78 is 44.1. The van der Waals surface area contributed by atoms with Crippen molar-refractivity contribution in [2.24, 2.45) is 5.92 Å². The fourth-order valence-corrected chi connectivity index (χ4v) is 2.89. The van der Waals surface area contributed by atoms with Gasteiger partial charge in [-0.25, -0.2) is 0 Å². The van der Waals surface area contributed by atoms with Crippen LogP contribution in [0.25, 0.3) is 11.4 Å². The standard InChI is InChI=1S/C16H18F3N3O/c1-11(22-9-5-8-13(10-22)16(17,18)19)15-20-14(21-23-15)12-6-3-2-4-7-12/h2-4,6-7,11,13H,5,8-10H2,1H3/t11-,13+/m1/s1. The van der Waals surface area contributed by atoms with Crippen LogP contribution < -0.4 is 0 Å². The highest BCUT2D eigenvalue weighted by atomic mass is 19.4. The van der Waals surface area contributed by atoms with Gasteiger partial charge in [-0.05, 0) is 26.3 Å².